The molecular formula is C19H22N2O2. The molecule has 0 saturated carbocycles. The first kappa shape index (κ1) is 16.7. The fourth-order valence-corrected chi connectivity index (χ4v) is 2.25. The molecule has 0 saturated heterocycles. The molecule has 1 aromatic heterocycles. The van der Waals surface area contributed by atoms with Gasteiger partial charge in [-0.25, -0.2) is 4.98 Å². The van der Waals surface area contributed by atoms with Crippen molar-refractivity contribution < 1.29 is 9.53 Å². The van der Waals surface area contributed by atoms with Gasteiger partial charge in [-0.3, -0.25) is 4.79 Å². The molecule has 2 rings (SSSR count). The number of hydrogen-bond acceptors (Lipinski definition) is 3. The Balaban J connectivity index is 2.13. The average Bonchev–Trinajstić information content (AvgIpc) is 2.61. The predicted molar refractivity (Wildman–Crippen MR) is 92.4 cm³/mol. The first-order valence-electron chi connectivity index (χ1n) is 7.78. The Morgan fingerprint density at radius 3 is 2.52 bits per heavy atom. The zero-order valence-corrected chi connectivity index (χ0v) is 13.7. The molecule has 1 heterocycles. The Bertz CT molecular complexity index is 661. The first-order valence-corrected chi connectivity index (χ1v) is 7.78. The summed E-state index contributed by atoms with van der Waals surface area (Å²) >= 11 is 0. The lowest BCUT2D eigenvalue weighted by molar-refractivity contribution is 0.0767. The molecule has 0 aliphatic carbocycles. The molecule has 4 heteroatoms. The quantitative estimate of drug-likeness (QED) is 0.781. The third-order valence-electron chi connectivity index (χ3n) is 3.64. The van der Waals surface area contributed by atoms with E-state index in [9.17, 15) is 4.79 Å². The average molecular weight is 310 g/mol. The van der Waals surface area contributed by atoms with Crippen molar-refractivity contribution in [2.45, 2.75) is 20.5 Å². The fourth-order valence-electron chi connectivity index (χ4n) is 2.25. The molecule has 0 unspecified atom stereocenters. The maximum atomic E-state index is 12.5. The van der Waals surface area contributed by atoms with Gasteiger partial charge >= 0.3 is 0 Å². The van der Waals surface area contributed by atoms with Crippen LogP contribution in [-0.2, 0) is 6.61 Å². The monoisotopic (exact) mass is 310 g/mol. The third kappa shape index (κ3) is 4.19. The summed E-state index contributed by atoms with van der Waals surface area (Å²) in [7, 11) is 0. The van der Waals surface area contributed by atoms with Crippen molar-refractivity contribution in [2.24, 2.45) is 0 Å². The number of aromatic nitrogens is 1. The van der Waals surface area contributed by atoms with Crippen molar-refractivity contribution in [1.82, 2.24) is 9.88 Å². The van der Waals surface area contributed by atoms with Crippen molar-refractivity contribution in [3.05, 3.63) is 65.9 Å². The molecule has 4 nitrogen and oxygen atoms in total. The second-order valence-electron chi connectivity index (χ2n) is 5.07. The van der Waals surface area contributed by atoms with Crippen LogP contribution in [0.2, 0.25) is 0 Å². The summed E-state index contributed by atoms with van der Waals surface area (Å²) in [5.74, 6) is 0.317. The Hall–Kier alpha value is -2.62. The maximum absolute atomic E-state index is 12.5. The highest BCUT2D eigenvalue weighted by atomic mass is 16.5. The van der Waals surface area contributed by atoms with Crippen LogP contribution < -0.4 is 4.74 Å². The van der Waals surface area contributed by atoms with E-state index in [0.29, 0.717) is 31.1 Å². The number of amides is 1. The van der Waals surface area contributed by atoms with Gasteiger partial charge in [-0.1, -0.05) is 36.9 Å². The van der Waals surface area contributed by atoms with Crippen LogP contribution in [0.5, 0.6) is 5.88 Å². The maximum Gasteiger partial charge on any atom is 0.259 e. The summed E-state index contributed by atoms with van der Waals surface area (Å²) in [5, 5.41) is 0. The molecule has 0 fully saturated rings. The number of carbonyl (C=O) groups is 1. The van der Waals surface area contributed by atoms with E-state index < -0.39 is 0 Å². The van der Waals surface area contributed by atoms with Crippen LogP contribution >= 0.6 is 0 Å². The molecular weight excluding hydrogens is 288 g/mol. The topological polar surface area (TPSA) is 42.4 Å². The number of rotatable bonds is 7. The van der Waals surface area contributed by atoms with E-state index in [2.05, 4.69) is 11.6 Å². The van der Waals surface area contributed by atoms with Gasteiger partial charge in [0.05, 0.1) is 0 Å². The van der Waals surface area contributed by atoms with E-state index in [-0.39, 0.29) is 5.91 Å². The summed E-state index contributed by atoms with van der Waals surface area (Å²) < 4.78 is 5.77. The third-order valence-corrected chi connectivity index (χ3v) is 3.64. The summed E-state index contributed by atoms with van der Waals surface area (Å²) in [6.07, 6.45) is 3.43. The smallest absolute Gasteiger partial charge is 0.259 e. The van der Waals surface area contributed by atoms with Gasteiger partial charge in [0, 0.05) is 19.3 Å². The Morgan fingerprint density at radius 2 is 1.91 bits per heavy atom. The summed E-state index contributed by atoms with van der Waals surface area (Å²) in [4.78, 5) is 18.5. The minimum absolute atomic E-state index is 0.0555. The molecule has 1 amide bonds. The molecule has 0 bridgehead atoms. The molecule has 0 spiro atoms. The Morgan fingerprint density at radius 1 is 1.22 bits per heavy atom. The van der Waals surface area contributed by atoms with Gasteiger partial charge in [-0.2, -0.15) is 0 Å². The number of nitrogens with zero attached hydrogens (tertiary/aromatic N) is 2. The molecule has 0 radical (unpaired) electrons. The van der Waals surface area contributed by atoms with Crippen LogP contribution in [0.3, 0.4) is 0 Å². The summed E-state index contributed by atoms with van der Waals surface area (Å²) in [6, 6.07) is 11.4. The first-order chi connectivity index (χ1) is 11.2. The van der Waals surface area contributed by atoms with E-state index in [4.69, 9.17) is 4.74 Å². The zero-order chi connectivity index (χ0) is 16.7. The predicted octanol–water partition coefficient (Wildman–Crippen LogP) is 3.79. The van der Waals surface area contributed by atoms with Crippen molar-refractivity contribution >= 4 is 12.0 Å². The minimum atomic E-state index is -0.0555. The number of ether oxygens (including phenoxy) is 1. The van der Waals surface area contributed by atoms with Gasteiger partial charge < -0.3 is 9.64 Å². The second kappa shape index (κ2) is 8.13. The lowest BCUT2D eigenvalue weighted by atomic mass is 10.1. The van der Waals surface area contributed by atoms with Crippen LogP contribution in [0, 0.1) is 0 Å². The van der Waals surface area contributed by atoms with Gasteiger partial charge in [0.25, 0.3) is 5.91 Å². The van der Waals surface area contributed by atoms with E-state index in [1.165, 1.54) is 0 Å². The number of pyridine rings is 1. The van der Waals surface area contributed by atoms with Gasteiger partial charge in [0.1, 0.15) is 12.2 Å². The van der Waals surface area contributed by atoms with Crippen molar-refractivity contribution in [2.75, 3.05) is 13.1 Å². The van der Waals surface area contributed by atoms with E-state index in [0.717, 1.165) is 11.1 Å². The highest BCUT2D eigenvalue weighted by Crippen LogP contribution is 2.18. The molecule has 120 valence electrons. The normalized spacial score (nSPS) is 10.2. The lowest BCUT2D eigenvalue weighted by Crippen LogP contribution is -2.30. The molecule has 0 N–H and O–H groups in total. The highest BCUT2D eigenvalue weighted by Gasteiger charge is 2.18. The van der Waals surface area contributed by atoms with Gasteiger partial charge in [-0.05, 0) is 37.1 Å². The molecule has 2 aromatic rings. The fraction of sp³-hybridized carbons (Fsp3) is 0.263. The van der Waals surface area contributed by atoms with Crippen LogP contribution in [0.4, 0.5) is 0 Å². The lowest BCUT2D eigenvalue weighted by Gasteiger charge is -2.19. The molecule has 23 heavy (non-hydrogen) atoms. The Kier molecular flexibility index (Phi) is 5.92. The molecule has 0 aliphatic heterocycles. The van der Waals surface area contributed by atoms with Crippen LogP contribution in [0.15, 0.2) is 49.2 Å². The number of hydrogen-bond donors (Lipinski definition) is 0. The standard InChI is InChI=1S/C19H22N2O2/c1-4-15-9-11-16(12-10-15)14-23-18-17(8-7-13-20-18)19(22)21(5-2)6-3/h4,7-13H,1,5-6,14H2,2-3H3. The zero-order valence-electron chi connectivity index (χ0n) is 13.7. The van der Waals surface area contributed by atoms with Crippen molar-refractivity contribution in [1.29, 1.82) is 0 Å². The largest absolute Gasteiger partial charge is 0.472 e. The number of benzene rings is 1. The van der Waals surface area contributed by atoms with E-state index in [1.807, 2.05) is 38.1 Å². The van der Waals surface area contributed by atoms with Crippen LogP contribution in [0.1, 0.15) is 35.3 Å². The van der Waals surface area contributed by atoms with Gasteiger partial charge in [-0.15, -0.1) is 0 Å². The van der Waals surface area contributed by atoms with Gasteiger partial charge in [0.2, 0.25) is 5.88 Å². The van der Waals surface area contributed by atoms with Crippen LogP contribution in [-0.4, -0.2) is 28.9 Å². The molecule has 1 aromatic carbocycles. The summed E-state index contributed by atoms with van der Waals surface area (Å²) in [6.45, 7) is 9.34. The Labute approximate surface area is 137 Å². The molecule has 0 atom stereocenters. The highest BCUT2D eigenvalue weighted by molar-refractivity contribution is 5.96. The summed E-state index contributed by atoms with van der Waals surface area (Å²) in [5.41, 5.74) is 2.57. The van der Waals surface area contributed by atoms with Gasteiger partial charge in [0.15, 0.2) is 0 Å². The molecule has 0 aliphatic rings. The van der Waals surface area contributed by atoms with E-state index in [1.54, 1.807) is 29.3 Å². The van der Waals surface area contributed by atoms with E-state index >= 15 is 0 Å². The van der Waals surface area contributed by atoms with Crippen LogP contribution in [0.25, 0.3) is 6.08 Å². The SMILES string of the molecule is C=Cc1ccc(COc2ncccc2C(=O)N(CC)CC)cc1. The second-order valence-corrected chi connectivity index (χ2v) is 5.07. The minimum Gasteiger partial charge on any atom is -0.472 e. The number of carbonyl (C=O) groups excluding carboxylic acids is 1. The van der Waals surface area contributed by atoms with Crippen molar-refractivity contribution in [3.8, 4) is 5.88 Å². The van der Waals surface area contributed by atoms with Crippen molar-refractivity contribution in [3.63, 3.8) is 0 Å².